The molecule has 0 fully saturated rings. The number of rotatable bonds is 8. The van der Waals surface area contributed by atoms with E-state index in [1.165, 1.54) is 12.1 Å². The minimum atomic E-state index is -3.18. The lowest BCUT2D eigenvalue weighted by molar-refractivity contribution is -0.121. The third kappa shape index (κ3) is 7.89. The van der Waals surface area contributed by atoms with E-state index in [4.69, 9.17) is 4.74 Å². The topological polar surface area (TPSA) is 84.5 Å². The van der Waals surface area contributed by atoms with Crippen molar-refractivity contribution in [1.29, 1.82) is 0 Å². The van der Waals surface area contributed by atoms with Crippen molar-refractivity contribution in [2.24, 2.45) is 0 Å². The van der Waals surface area contributed by atoms with Gasteiger partial charge in [-0.1, -0.05) is 0 Å². The molecular weight excluding hydrogens is 316 g/mol. The van der Waals surface area contributed by atoms with Gasteiger partial charge in [-0.15, -0.1) is 12.4 Å². The molecule has 0 aliphatic heterocycles. The van der Waals surface area contributed by atoms with Crippen LogP contribution in [0.4, 0.5) is 0 Å². The molecule has 2 N–H and O–H groups in total. The summed E-state index contributed by atoms with van der Waals surface area (Å²) in [6.07, 6.45) is 1.59. The summed E-state index contributed by atoms with van der Waals surface area (Å²) in [6, 6.07) is 6.19. The van der Waals surface area contributed by atoms with E-state index in [2.05, 4.69) is 10.6 Å². The van der Waals surface area contributed by atoms with E-state index in [0.29, 0.717) is 31.9 Å². The Hall–Kier alpha value is -1.31. The maximum Gasteiger partial charge on any atom is 0.221 e. The molecule has 0 radical (unpaired) electrons. The highest BCUT2D eigenvalue weighted by molar-refractivity contribution is 7.90. The van der Waals surface area contributed by atoms with E-state index in [9.17, 15) is 13.2 Å². The van der Waals surface area contributed by atoms with Crippen molar-refractivity contribution in [2.75, 3.05) is 33.0 Å². The molecule has 0 spiro atoms. The summed E-state index contributed by atoms with van der Waals surface area (Å²) in [7, 11) is -1.40. The quantitative estimate of drug-likeness (QED) is 0.680. The summed E-state index contributed by atoms with van der Waals surface area (Å²) >= 11 is 0. The molecule has 6 nitrogen and oxygen atoms in total. The van der Waals surface area contributed by atoms with Gasteiger partial charge in [-0.05, 0) is 31.3 Å². The molecule has 0 aromatic heterocycles. The van der Waals surface area contributed by atoms with Crippen LogP contribution in [-0.2, 0) is 14.6 Å². The van der Waals surface area contributed by atoms with Crippen molar-refractivity contribution in [2.45, 2.75) is 11.3 Å². The Morgan fingerprint density at radius 1 is 1.19 bits per heavy atom. The molecular formula is C13H21ClN2O4S. The second-order valence-corrected chi connectivity index (χ2v) is 6.31. The molecule has 0 saturated heterocycles. The van der Waals surface area contributed by atoms with Crippen LogP contribution in [0.3, 0.4) is 0 Å². The molecule has 1 aromatic carbocycles. The van der Waals surface area contributed by atoms with Gasteiger partial charge in [-0.3, -0.25) is 4.79 Å². The minimum absolute atomic E-state index is 0. The number of hydrogen-bond acceptors (Lipinski definition) is 5. The van der Waals surface area contributed by atoms with Crippen molar-refractivity contribution < 1.29 is 17.9 Å². The Morgan fingerprint density at radius 3 is 2.33 bits per heavy atom. The summed E-state index contributed by atoms with van der Waals surface area (Å²) in [5.41, 5.74) is 0. The van der Waals surface area contributed by atoms with E-state index in [1.54, 1.807) is 19.2 Å². The van der Waals surface area contributed by atoms with Crippen LogP contribution < -0.4 is 15.4 Å². The average Bonchev–Trinajstić information content (AvgIpc) is 2.41. The number of carbonyl (C=O) groups excluding carboxylic acids is 1. The Bertz CT molecular complexity index is 532. The standard InChI is InChI=1S/C13H20N2O4S.ClH/c1-14-8-7-13(16)15-9-10-19-11-3-5-12(6-4-11)20(2,17)18;/h3-6,14H,7-10H2,1-2H3,(H,15,16);1H. The lowest BCUT2D eigenvalue weighted by Gasteiger charge is -2.08. The number of amides is 1. The number of benzene rings is 1. The molecule has 120 valence electrons. The molecule has 0 bridgehead atoms. The van der Waals surface area contributed by atoms with Crippen molar-refractivity contribution in [3.8, 4) is 5.75 Å². The second kappa shape index (κ2) is 9.59. The molecule has 0 unspecified atom stereocenters. The lowest BCUT2D eigenvalue weighted by Crippen LogP contribution is -2.30. The fourth-order valence-corrected chi connectivity index (χ4v) is 2.10. The van der Waals surface area contributed by atoms with E-state index in [0.717, 1.165) is 6.26 Å². The molecule has 0 atom stereocenters. The molecule has 0 aliphatic carbocycles. The number of nitrogens with one attached hydrogen (secondary N) is 2. The van der Waals surface area contributed by atoms with Gasteiger partial charge in [0.15, 0.2) is 9.84 Å². The first-order valence-electron chi connectivity index (χ1n) is 6.27. The third-order valence-corrected chi connectivity index (χ3v) is 3.68. The van der Waals surface area contributed by atoms with Gasteiger partial charge in [0.1, 0.15) is 12.4 Å². The number of ether oxygens (including phenoxy) is 1. The zero-order valence-corrected chi connectivity index (χ0v) is 13.7. The molecule has 0 heterocycles. The van der Waals surface area contributed by atoms with Gasteiger partial charge in [-0.2, -0.15) is 0 Å². The molecule has 1 rings (SSSR count). The van der Waals surface area contributed by atoms with Crippen LogP contribution in [0, 0.1) is 0 Å². The monoisotopic (exact) mass is 336 g/mol. The zero-order chi connectivity index (χ0) is 15.0. The maximum atomic E-state index is 11.3. The Kier molecular flexibility index (Phi) is 9.00. The zero-order valence-electron chi connectivity index (χ0n) is 12.1. The van der Waals surface area contributed by atoms with E-state index < -0.39 is 9.84 Å². The first kappa shape index (κ1) is 19.7. The SMILES string of the molecule is CNCCC(=O)NCCOc1ccc(S(C)(=O)=O)cc1.Cl. The first-order chi connectivity index (χ1) is 9.43. The number of halogens is 1. The minimum Gasteiger partial charge on any atom is -0.492 e. The fraction of sp³-hybridized carbons (Fsp3) is 0.462. The summed E-state index contributed by atoms with van der Waals surface area (Å²) in [5.74, 6) is 0.539. The van der Waals surface area contributed by atoms with Crippen LogP contribution in [0.25, 0.3) is 0 Å². The highest BCUT2D eigenvalue weighted by Gasteiger charge is 2.06. The summed E-state index contributed by atoms with van der Waals surface area (Å²) in [5, 5.41) is 5.61. The molecule has 0 saturated carbocycles. The van der Waals surface area contributed by atoms with Crippen LogP contribution in [0.15, 0.2) is 29.2 Å². The number of sulfone groups is 1. The average molecular weight is 337 g/mol. The summed E-state index contributed by atoms with van der Waals surface area (Å²) < 4.78 is 27.9. The predicted molar refractivity (Wildman–Crippen MR) is 83.8 cm³/mol. The number of carbonyl (C=O) groups is 1. The predicted octanol–water partition coefficient (Wildman–Crippen LogP) is 0.616. The Morgan fingerprint density at radius 2 is 1.81 bits per heavy atom. The lowest BCUT2D eigenvalue weighted by atomic mass is 10.3. The van der Waals surface area contributed by atoms with Gasteiger partial charge in [0.25, 0.3) is 0 Å². The van der Waals surface area contributed by atoms with Gasteiger partial charge >= 0.3 is 0 Å². The van der Waals surface area contributed by atoms with E-state index in [1.807, 2.05) is 0 Å². The van der Waals surface area contributed by atoms with Crippen molar-refractivity contribution in [3.05, 3.63) is 24.3 Å². The molecule has 8 heteroatoms. The normalized spacial score (nSPS) is 10.6. The van der Waals surface area contributed by atoms with Crippen LogP contribution in [0.1, 0.15) is 6.42 Å². The molecule has 1 amide bonds. The fourth-order valence-electron chi connectivity index (χ4n) is 1.47. The van der Waals surface area contributed by atoms with Crippen LogP contribution in [0.2, 0.25) is 0 Å². The van der Waals surface area contributed by atoms with Gasteiger partial charge in [-0.25, -0.2) is 8.42 Å². The molecule has 21 heavy (non-hydrogen) atoms. The highest BCUT2D eigenvalue weighted by atomic mass is 35.5. The van der Waals surface area contributed by atoms with Crippen molar-refractivity contribution >= 4 is 28.2 Å². The van der Waals surface area contributed by atoms with Crippen LogP contribution in [0.5, 0.6) is 5.75 Å². The van der Waals surface area contributed by atoms with Crippen molar-refractivity contribution in [3.63, 3.8) is 0 Å². The molecule has 0 aliphatic rings. The number of hydrogen-bond donors (Lipinski definition) is 2. The highest BCUT2D eigenvalue weighted by Crippen LogP contribution is 2.15. The van der Waals surface area contributed by atoms with Crippen LogP contribution >= 0.6 is 12.4 Å². The smallest absolute Gasteiger partial charge is 0.221 e. The summed E-state index contributed by atoms with van der Waals surface area (Å²) in [4.78, 5) is 11.5. The van der Waals surface area contributed by atoms with Gasteiger partial charge in [0.05, 0.1) is 11.4 Å². The summed E-state index contributed by atoms with van der Waals surface area (Å²) in [6.45, 7) is 1.39. The first-order valence-corrected chi connectivity index (χ1v) is 8.17. The Balaban J connectivity index is 0.00000400. The largest absolute Gasteiger partial charge is 0.492 e. The van der Waals surface area contributed by atoms with Gasteiger partial charge in [0.2, 0.25) is 5.91 Å². The van der Waals surface area contributed by atoms with Crippen molar-refractivity contribution in [1.82, 2.24) is 10.6 Å². The third-order valence-electron chi connectivity index (χ3n) is 2.55. The molecule has 1 aromatic rings. The van der Waals surface area contributed by atoms with E-state index in [-0.39, 0.29) is 23.2 Å². The Labute approximate surface area is 131 Å². The van der Waals surface area contributed by atoms with Crippen LogP contribution in [-0.4, -0.2) is 47.3 Å². The van der Waals surface area contributed by atoms with E-state index >= 15 is 0 Å². The maximum absolute atomic E-state index is 11.3. The second-order valence-electron chi connectivity index (χ2n) is 4.30. The van der Waals surface area contributed by atoms with Gasteiger partial charge in [0, 0.05) is 19.2 Å². The van der Waals surface area contributed by atoms with Gasteiger partial charge < -0.3 is 15.4 Å².